The lowest BCUT2D eigenvalue weighted by atomic mass is 10.2. The van der Waals surface area contributed by atoms with Crippen LogP contribution in [0.15, 0.2) is 24.3 Å². The molecule has 3 rings (SSSR count). The molecule has 1 aromatic heterocycles. The highest BCUT2D eigenvalue weighted by Crippen LogP contribution is 2.33. The molecule has 0 unspecified atom stereocenters. The van der Waals surface area contributed by atoms with Gasteiger partial charge in [-0.2, -0.15) is 9.97 Å². The third-order valence-electron chi connectivity index (χ3n) is 4.89. The van der Waals surface area contributed by atoms with Gasteiger partial charge in [-0.05, 0) is 44.6 Å². The molecule has 0 spiro atoms. The highest BCUT2D eigenvalue weighted by molar-refractivity contribution is 6.01. The number of fused-ring (bicyclic) bond motifs is 1. The molecule has 0 atom stereocenters. The van der Waals surface area contributed by atoms with Crippen LogP contribution in [0.4, 0.5) is 11.6 Å². The lowest BCUT2D eigenvalue weighted by molar-refractivity contribution is -0.117. The molecule has 0 bridgehead atoms. The number of ether oxygens (including phenoxy) is 2. The van der Waals surface area contributed by atoms with Crippen molar-refractivity contribution < 1.29 is 14.3 Å². The van der Waals surface area contributed by atoms with Gasteiger partial charge in [0.25, 0.3) is 0 Å². The van der Waals surface area contributed by atoms with Crippen molar-refractivity contribution in [3.8, 4) is 11.8 Å². The number of rotatable bonds is 11. The number of nitrogens with two attached hydrogens (primary N) is 1. The van der Waals surface area contributed by atoms with E-state index in [2.05, 4.69) is 21.8 Å². The van der Waals surface area contributed by atoms with Gasteiger partial charge in [0.15, 0.2) is 0 Å². The van der Waals surface area contributed by atoms with Crippen LogP contribution in [0.1, 0.15) is 37.3 Å². The summed E-state index contributed by atoms with van der Waals surface area (Å²) < 4.78 is 11.4. The summed E-state index contributed by atoms with van der Waals surface area (Å²) >= 11 is 0. The normalized spacial score (nSPS) is 13.1. The lowest BCUT2D eigenvalue weighted by Gasteiger charge is -2.17. The minimum Gasteiger partial charge on any atom is -0.494 e. The number of benzene rings is 1. The van der Waals surface area contributed by atoms with E-state index < -0.39 is 0 Å². The number of carbonyl (C=O) groups is 1. The average molecular weight is 414 g/mol. The molecular weight excluding hydrogens is 382 g/mol. The molecule has 1 aliphatic heterocycles. The highest BCUT2D eigenvalue weighted by atomic mass is 16.5. The molecule has 2 N–H and O–H groups in total. The Kier molecular flexibility index (Phi) is 7.46. The van der Waals surface area contributed by atoms with E-state index in [4.69, 9.17) is 15.2 Å². The van der Waals surface area contributed by atoms with Gasteiger partial charge in [-0.15, -0.1) is 0 Å². The summed E-state index contributed by atoms with van der Waals surface area (Å²) in [4.78, 5) is 25.0. The maximum Gasteiger partial charge on any atom is 0.320 e. The fraction of sp³-hybridized carbons (Fsp3) is 0.500. The van der Waals surface area contributed by atoms with Crippen molar-refractivity contribution in [1.82, 2.24) is 14.9 Å². The van der Waals surface area contributed by atoms with Crippen molar-refractivity contribution >= 4 is 17.5 Å². The molecule has 162 valence electrons. The smallest absolute Gasteiger partial charge is 0.320 e. The SMILES string of the molecule is CCCCOc1nc(N)c2c(n1)N(Cc1ccc(OCCCN(C)C)cc1)C(=O)C2. The van der Waals surface area contributed by atoms with Crippen LogP contribution < -0.4 is 20.1 Å². The first-order chi connectivity index (χ1) is 14.5. The topological polar surface area (TPSA) is 93.8 Å². The number of unbranched alkanes of at least 4 members (excludes halogenated alkanes) is 1. The summed E-state index contributed by atoms with van der Waals surface area (Å²) in [6.45, 7) is 4.69. The summed E-state index contributed by atoms with van der Waals surface area (Å²) in [5.41, 5.74) is 7.72. The summed E-state index contributed by atoms with van der Waals surface area (Å²) in [6.07, 6.45) is 3.11. The van der Waals surface area contributed by atoms with Crippen LogP contribution in [0.25, 0.3) is 0 Å². The second-order valence-electron chi connectivity index (χ2n) is 7.70. The Balaban J connectivity index is 1.65. The number of aromatic nitrogens is 2. The van der Waals surface area contributed by atoms with E-state index in [1.807, 2.05) is 38.4 Å². The van der Waals surface area contributed by atoms with Gasteiger partial charge in [0.2, 0.25) is 5.91 Å². The summed E-state index contributed by atoms with van der Waals surface area (Å²) in [7, 11) is 4.09. The number of amides is 1. The fourth-order valence-electron chi connectivity index (χ4n) is 3.21. The van der Waals surface area contributed by atoms with E-state index in [-0.39, 0.29) is 18.3 Å². The Morgan fingerprint density at radius 1 is 1.10 bits per heavy atom. The van der Waals surface area contributed by atoms with Crippen molar-refractivity contribution in [2.24, 2.45) is 0 Å². The highest BCUT2D eigenvalue weighted by Gasteiger charge is 2.32. The molecule has 1 aliphatic rings. The largest absolute Gasteiger partial charge is 0.494 e. The Labute approximate surface area is 178 Å². The summed E-state index contributed by atoms with van der Waals surface area (Å²) in [5, 5.41) is 0. The Morgan fingerprint density at radius 2 is 1.83 bits per heavy atom. The molecule has 8 heteroatoms. The van der Waals surface area contributed by atoms with Gasteiger partial charge in [-0.3, -0.25) is 9.69 Å². The van der Waals surface area contributed by atoms with Crippen LogP contribution in [-0.4, -0.2) is 54.6 Å². The monoisotopic (exact) mass is 413 g/mol. The molecule has 0 aliphatic carbocycles. The van der Waals surface area contributed by atoms with Crippen molar-refractivity contribution in [2.45, 2.75) is 39.2 Å². The van der Waals surface area contributed by atoms with E-state index in [0.717, 1.165) is 37.1 Å². The third-order valence-corrected chi connectivity index (χ3v) is 4.89. The Morgan fingerprint density at radius 3 is 2.53 bits per heavy atom. The molecule has 0 saturated heterocycles. The predicted octanol–water partition coefficient (Wildman–Crippen LogP) is 2.66. The van der Waals surface area contributed by atoms with Crippen LogP contribution in [0, 0.1) is 0 Å². The molecule has 30 heavy (non-hydrogen) atoms. The van der Waals surface area contributed by atoms with Gasteiger partial charge in [0.05, 0.1) is 26.2 Å². The van der Waals surface area contributed by atoms with Crippen molar-refractivity contribution in [1.29, 1.82) is 0 Å². The first kappa shape index (κ1) is 21.8. The van der Waals surface area contributed by atoms with Gasteiger partial charge >= 0.3 is 6.01 Å². The zero-order valence-electron chi connectivity index (χ0n) is 18.1. The van der Waals surface area contributed by atoms with E-state index >= 15 is 0 Å². The molecular formula is C22H31N5O3. The molecule has 0 radical (unpaired) electrons. The van der Waals surface area contributed by atoms with E-state index in [0.29, 0.717) is 37.0 Å². The minimum absolute atomic E-state index is 0.0410. The Bertz CT molecular complexity index is 855. The summed E-state index contributed by atoms with van der Waals surface area (Å²) in [5.74, 6) is 1.64. The van der Waals surface area contributed by atoms with Crippen LogP contribution in [-0.2, 0) is 17.8 Å². The number of anilines is 2. The third kappa shape index (κ3) is 5.60. The van der Waals surface area contributed by atoms with Gasteiger partial charge in [0.1, 0.15) is 17.4 Å². The van der Waals surface area contributed by atoms with E-state index in [9.17, 15) is 4.79 Å². The van der Waals surface area contributed by atoms with Gasteiger partial charge in [0, 0.05) is 12.1 Å². The van der Waals surface area contributed by atoms with Crippen LogP contribution in [0.5, 0.6) is 11.8 Å². The lowest BCUT2D eigenvalue weighted by Crippen LogP contribution is -2.26. The molecule has 8 nitrogen and oxygen atoms in total. The minimum atomic E-state index is -0.0410. The number of carbonyl (C=O) groups excluding carboxylic acids is 1. The first-order valence-corrected chi connectivity index (χ1v) is 10.4. The fourth-order valence-corrected chi connectivity index (χ4v) is 3.21. The summed E-state index contributed by atoms with van der Waals surface area (Å²) in [6, 6.07) is 8.02. The molecule has 1 aromatic carbocycles. The van der Waals surface area contributed by atoms with Crippen LogP contribution in [0.2, 0.25) is 0 Å². The Hall–Kier alpha value is -2.87. The standard InChI is InChI=1S/C22H31N5O3/c1-4-5-12-30-22-24-20(23)18-14-19(28)27(21(18)25-22)15-16-7-9-17(10-8-16)29-13-6-11-26(2)3/h7-10H,4-6,11-15H2,1-3H3,(H2,23,24,25). The van der Waals surface area contributed by atoms with E-state index in [1.165, 1.54) is 0 Å². The number of hydrogen-bond donors (Lipinski definition) is 1. The van der Waals surface area contributed by atoms with Gasteiger partial charge < -0.3 is 20.1 Å². The van der Waals surface area contributed by atoms with Crippen molar-refractivity contribution in [3.05, 3.63) is 35.4 Å². The quantitative estimate of drug-likeness (QED) is 0.566. The molecule has 2 aromatic rings. The maximum atomic E-state index is 12.6. The second kappa shape index (κ2) is 10.2. The number of nitrogens with zero attached hydrogens (tertiary/aromatic N) is 4. The zero-order valence-corrected chi connectivity index (χ0v) is 18.1. The second-order valence-corrected chi connectivity index (χ2v) is 7.70. The van der Waals surface area contributed by atoms with Crippen molar-refractivity contribution in [2.75, 3.05) is 44.5 Å². The molecule has 2 heterocycles. The molecule has 0 saturated carbocycles. The predicted molar refractivity (Wildman–Crippen MR) is 117 cm³/mol. The number of hydrogen-bond acceptors (Lipinski definition) is 7. The number of nitrogen functional groups attached to an aromatic ring is 1. The maximum absolute atomic E-state index is 12.6. The first-order valence-electron chi connectivity index (χ1n) is 10.4. The van der Waals surface area contributed by atoms with E-state index in [1.54, 1.807) is 4.90 Å². The molecule has 1 amide bonds. The van der Waals surface area contributed by atoms with Crippen LogP contribution >= 0.6 is 0 Å². The van der Waals surface area contributed by atoms with Gasteiger partial charge in [-0.25, -0.2) is 0 Å². The molecule has 0 fully saturated rings. The van der Waals surface area contributed by atoms with Crippen LogP contribution in [0.3, 0.4) is 0 Å². The average Bonchev–Trinajstić information content (AvgIpc) is 3.03. The van der Waals surface area contributed by atoms with Gasteiger partial charge in [-0.1, -0.05) is 25.5 Å². The zero-order chi connectivity index (χ0) is 21.5. The van der Waals surface area contributed by atoms with Crippen molar-refractivity contribution in [3.63, 3.8) is 0 Å².